The number of para-hydroxylation sites is 1. The standard InChI is InChI=1S/C16H22O3/c1-11-4-3-5-12(2)15(11)19-10-13-6-8-14(9-7-13)16(17)18/h3-5,13-14H,6-10H2,1-2H3,(H,17,18). The van der Waals surface area contributed by atoms with Crippen molar-refractivity contribution in [3.63, 3.8) is 0 Å². The molecule has 1 N–H and O–H groups in total. The Kier molecular flexibility index (Phi) is 4.46. The van der Waals surface area contributed by atoms with Crippen LogP contribution in [0.1, 0.15) is 36.8 Å². The molecule has 0 heterocycles. The lowest BCUT2D eigenvalue weighted by atomic mass is 9.82. The highest BCUT2D eigenvalue weighted by molar-refractivity contribution is 5.69. The van der Waals surface area contributed by atoms with Crippen molar-refractivity contribution < 1.29 is 14.6 Å². The first-order valence-corrected chi connectivity index (χ1v) is 6.99. The van der Waals surface area contributed by atoms with Gasteiger partial charge in [0.1, 0.15) is 5.75 Å². The summed E-state index contributed by atoms with van der Waals surface area (Å²) in [5.74, 6) is 0.697. The molecule has 0 spiro atoms. The number of hydrogen-bond acceptors (Lipinski definition) is 2. The zero-order valence-corrected chi connectivity index (χ0v) is 11.7. The van der Waals surface area contributed by atoms with Crippen LogP contribution in [-0.4, -0.2) is 17.7 Å². The molecule has 3 nitrogen and oxygen atoms in total. The molecule has 2 rings (SSSR count). The number of ether oxygens (including phenoxy) is 1. The van der Waals surface area contributed by atoms with Crippen molar-refractivity contribution in [3.8, 4) is 5.75 Å². The predicted molar refractivity (Wildman–Crippen MR) is 74.5 cm³/mol. The molecular weight excluding hydrogens is 240 g/mol. The molecule has 1 aliphatic carbocycles. The first-order chi connectivity index (χ1) is 9.08. The molecule has 1 fully saturated rings. The summed E-state index contributed by atoms with van der Waals surface area (Å²) < 4.78 is 5.96. The summed E-state index contributed by atoms with van der Waals surface area (Å²) in [5, 5.41) is 8.97. The third kappa shape index (κ3) is 3.49. The second kappa shape index (κ2) is 6.09. The van der Waals surface area contributed by atoms with Gasteiger partial charge in [-0.1, -0.05) is 18.2 Å². The van der Waals surface area contributed by atoms with Crippen molar-refractivity contribution in [1.82, 2.24) is 0 Å². The van der Waals surface area contributed by atoms with E-state index in [1.165, 1.54) is 11.1 Å². The number of aliphatic carboxylic acids is 1. The minimum Gasteiger partial charge on any atom is -0.493 e. The fourth-order valence-electron chi connectivity index (χ4n) is 2.80. The number of carbonyl (C=O) groups is 1. The van der Waals surface area contributed by atoms with Crippen LogP contribution in [0.4, 0.5) is 0 Å². The highest BCUT2D eigenvalue weighted by Gasteiger charge is 2.26. The van der Waals surface area contributed by atoms with Crippen LogP contribution in [0.2, 0.25) is 0 Å². The van der Waals surface area contributed by atoms with Crippen LogP contribution >= 0.6 is 0 Å². The molecule has 104 valence electrons. The zero-order chi connectivity index (χ0) is 13.8. The molecule has 0 aliphatic heterocycles. The van der Waals surface area contributed by atoms with Crippen molar-refractivity contribution in [2.45, 2.75) is 39.5 Å². The number of carboxylic acids is 1. The van der Waals surface area contributed by atoms with Crippen LogP contribution in [0.15, 0.2) is 18.2 Å². The van der Waals surface area contributed by atoms with Crippen molar-refractivity contribution in [2.24, 2.45) is 11.8 Å². The van der Waals surface area contributed by atoms with Gasteiger partial charge in [-0.3, -0.25) is 4.79 Å². The van der Waals surface area contributed by atoms with Crippen molar-refractivity contribution >= 4 is 5.97 Å². The number of hydrogen-bond donors (Lipinski definition) is 1. The Balaban J connectivity index is 1.86. The summed E-state index contributed by atoms with van der Waals surface area (Å²) in [5.41, 5.74) is 2.33. The van der Waals surface area contributed by atoms with Gasteiger partial charge >= 0.3 is 5.97 Å². The van der Waals surface area contributed by atoms with Crippen LogP contribution in [0.25, 0.3) is 0 Å². The van der Waals surface area contributed by atoms with Crippen molar-refractivity contribution in [2.75, 3.05) is 6.61 Å². The minimum absolute atomic E-state index is 0.142. The Morgan fingerprint density at radius 1 is 1.21 bits per heavy atom. The summed E-state index contributed by atoms with van der Waals surface area (Å²) in [6.45, 7) is 4.82. The lowest BCUT2D eigenvalue weighted by Crippen LogP contribution is -2.24. The molecule has 0 aromatic heterocycles. The van der Waals surface area contributed by atoms with Crippen LogP contribution in [0, 0.1) is 25.7 Å². The van der Waals surface area contributed by atoms with Gasteiger partial charge < -0.3 is 9.84 Å². The van der Waals surface area contributed by atoms with E-state index in [0.717, 1.165) is 31.4 Å². The summed E-state index contributed by atoms with van der Waals surface area (Å²) in [6.07, 6.45) is 3.50. The second-order valence-electron chi connectivity index (χ2n) is 5.59. The Hall–Kier alpha value is -1.51. The average Bonchev–Trinajstić information content (AvgIpc) is 2.38. The number of rotatable bonds is 4. The van der Waals surface area contributed by atoms with E-state index in [4.69, 9.17) is 9.84 Å². The van der Waals surface area contributed by atoms with E-state index in [9.17, 15) is 4.79 Å². The molecule has 0 bridgehead atoms. The van der Waals surface area contributed by atoms with E-state index in [1.807, 2.05) is 6.07 Å². The van der Waals surface area contributed by atoms with E-state index >= 15 is 0 Å². The third-order valence-corrected chi connectivity index (χ3v) is 4.07. The van der Waals surface area contributed by atoms with Gasteiger partial charge in [0, 0.05) is 0 Å². The Morgan fingerprint density at radius 2 is 1.79 bits per heavy atom. The third-order valence-electron chi connectivity index (χ3n) is 4.07. The lowest BCUT2D eigenvalue weighted by molar-refractivity contribution is -0.143. The molecule has 1 aromatic rings. The largest absolute Gasteiger partial charge is 0.493 e. The monoisotopic (exact) mass is 262 g/mol. The lowest BCUT2D eigenvalue weighted by Gasteiger charge is -2.26. The first-order valence-electron chi connectivity index (χ1n) is 6.99. The maximum atomic E-state index is 10.9. The maximum absolute atomic E-state index is 10.9. The fourth-order valence-corrected chi connectivity index (χ4v) is 2.80. The topological polar surface area (TPSA) is 46.5 Å². The maximum Gasteiger partial charge on any atom is 0.306 e. The average molecular weight is 262 g/mol. The molecule has 1 aliphatic rings. The van der Waals surface area contributed by atoms with Gasteiger partial charge in [-0.05, 0) is 56.6 Å². The van der Waals surface area contributed by atoms with Gasteiger partial charge in [0.2, 0.25) is 0 Å². The van der Waals surface area contributed by atoms with E-state index in [0.29, 0.717) is 12.5 Å². The summed E-state index contributed by atoms with van der Waals surface area (Å²) in [6, 6.07) is 6.16. The van der Waals surface area contributed by atoms with Gasteiger partial charge in [-0.2, -0.15) is 0 Å². The molecule has 0 amide bonds. The Morgan fingerprint density at radius 3 is 2.32 bits per heavy atom. The molecule has 0 radical (unpaired) electrons. The van der Waals surface area contributed by atoms with Crippen LogP contribution in [0.3, 0.4) is 0 Å². The van der Waals surface area contributed by atoms with E-state index in [-0.39, 0.29) is 5.92 Å². The SMILES string of the molecule is Cc1cccc(C)c1OCC1CCC(C(=O)O)CC1. The summed E-state index contributed by atoms with van der Waals surface area (Å²) in [4.78, 5) is 10.9. The van der Waals surface area contributed by atoms with Gasteiger partial charge in [0.25, 0.3) is 0 Å². The van der Waals surface area contributed by atoms with Gasteiger partial charge in [0.15, 0.2) is 0 Å². The minimum atomic E-state index is -0.644. The molecule has 0 unspecified atom stereocenters. The quantitative estimate of drug-likeness (QED) is 0.902. The summed E-state index contributed by atoms with van der Waals surface area (Å²) >= 11 is 0. The van der Waals surface area contributed by atoms with E-state index in [1.54, 1.807) is 0 Å². The van der Waals surface area contributed by atoms with Gasteiger partial charge in [-0.15, -0.1) is 0 Å². The first kappa shape index (κ1) is 13.9. The number of aryl methyl sites for hydroxylation is 2. The van der Waals surface area contributed by atoms with Gasteiger partial charge in [0.05, 0.1) is 12.5 Å². The van der Waals surface area contributed by atoms with E-state index in [2.05, 4.69) is 26.0 Å². The predicted octanol–water partition coefficient (Wildman–Crippen LogP) is 3.57. The Labute approximate surface area is 114 Å². The second-order valence-corrected chi connectivity index (χ2v) is 5.59. The van der Waals surface area contributed by atoms with Crippen molar-refractivity contribution in [3.05, 3.63) is 29.3 Å². The van der Waals surface area contributed by atoms with Gasteiger partial charge in [-0.25, -0.2) is 0 Å². The number of benzene rings is 1. The van der Waals surface area contributed by atoms with Crippen LogP contribution < -0.4 is 4.74 Å². The smallest absolute Gasteiger partial charge is 0.306 e. The van der Waals surface area contributed by atoms with Crippen LogP contribution in [0.5, 0.6) is 5.75 Å². The molecule has 3 heteroatoms. The molecule has 1 aromatic carbocycles. The normalized spacial score (nSPS) is 23.1. The fraction of sp³-hybridized carbons (Fsp3) is 0.562. The van der Waals surface area contributed by atoms with Crippen LogP contribution in [-0.2, 0) is 4.79 Å². The Bertz CT molecular complexity index is 425. The molecular formula is C16H22O3. The van der Waals surface area contributed by atoms with Crippen molar-refractivity contribution in [1.29, 1.82) is 0 Å². The molecule has 0 atom stereocenters. The molecule has 1 saturated carbocycles. The number of carboxylic acid groups (broad SMARTS) is 1. The highest BCUT2D eigenvalue weighted by atomic mass is 16.5. The zero-order valence-electron chi connectivity index (χ0n) is 11.7. The van der Waals surface area contributed by atoms with E-state index < -0.39 is 5.97 Å². The summed E-state index contributed by atoms with van der Waals surface area (Å²) in [7, 11) is 0. The highest BCUT2D eigenvalue weighted by Crippen LogP contribution is 2.30. The molecule has 0 saturated heterocycles. The molecule has 19 heavy (non-hydrogen) atoms.